The maximum absolute atomic E-state index is 12.3. The second kappa shape index (κ2) is 9.80. The SMILES string of the molecule is CNCCC1CCN(CC(=O)NC(C)Cc2ccccc2C)CC1. The maximum Gasteiger partial charge on any atom is 0.234 e. The predicted molar refractivity (Wildman–Crippen MR) is 100 cm³/mol. The second-order valence-electron chi connectivity index (χ2n) is 7.21. The van der Waals surface area contributed by atoms with E-state index in [0.29, 0.717) is 6.54 Å². The van der Waals surface area contributed by atoms with Crippen LogP contribution < -0.4 is 10.6 Å². The molecule has 4 nitrogen and oxygen atoms in total. The Hall–Kier alpha value is -1.39. The largest absolute Gasteiger partial charge is 0.352 e. The zero-order valence-corrected chi connectivity index (χ0v) is 15.5. The minimum atomic E-state index is 0.157. The summed E-state index contributed by atoms with van der Waals surface area (Å²) in [6, 6.07) is 8.57. The number of likely N-dealkylation sites (tertiary alicyclic amines) is 1. The Morgan fingerprint density at radius 2 is 2.00 bits per heavy atom. The summed E-state index contributed by atoms with van der Waals surface area (Å²) >= 11 is 0. The standard InChI is InChI=1S/C20H33N3O/c1-16-6-4-5-7-19(16)14-17(2)22-20(24)15-23-12-9-18(10-13-23)8-11-21-3/h4-7,17-18,21H,8-15H2,1-3H3,(H,22,24). The summed E-state index contributed by atoms with van der Waals surface area (Å²) in [5.41, 5.74) is 2.61. The molecule has 0 aromatic heterocycles. The highest BCUT2D eigenvalue weighted by molar-refractivity contribution is 5.78. The fourth-order valence-electron chi connectivity index (χ4n) is 3.53. The van der Waals surface area contributed by atoms with Gasteiger partial charge in [-0.25, -0.2) is 0 Å². The molecule has 0 bridgehead atoms. The number of benzene rings is 1. The van der Waals surface area contributed by atoms with Crippen molar-refractivity contribution in [3.8, 4) is 0 Å². The van der Waals surface area contributed by atoms with Crippen molar-refractivity contribution in [1.29, 1.82) is 0 Å². The zero-order chi connectivity index (χ0) is 17.4. The molecule has 4 heteroatoms. The molecule has 1 aliphatic heterocycles. The fourth-order valence-corrected chi connectivity index (χ4v) is 3.53. The molecule has 134 valence electrons. The van der Waals surface area contributed by atoms with Gasteiger partial charge < -0.3 is 10.6 Å². The summed E-state index contributed by atoms with van der Waals surface area (Å²) in [7, 11) is 2.01. The molecule has 1 aromatic rings. The third-order valence-corrected chi connectivity index (χ3v) is 5.07. The molecule has 0 spiro atoms. The van der Waals surface area contributed by atoms with Gasteiger partial charge in [-0.1, -0.05) is 24.3 Å². The van der Waals surface area contributed by atoms with E-state index in [0.717, 1.165) is 32.0 Å². The lowest BCUT2D eigenvalue weighted by Crippen LogP contribution is -2.44. The molecule has 1 saturated heterocycles. The average molecular weight is 332 g/mol. The van der Waals surface area contributed by atoms with Crippen LogP contribution in [0.15, 0.2) is 24.3 Å². The lowest BCUT2D eigenvalue weighted by atomic mass is 9.93. The summed E-state index contributed by atoms with van der Waals surface area (Å²) < 4.78 is 0. The number of carbonyl (C=O) groups is 1. The van der Waals surface area contributed by atoms with Crippen LogP contribution in [0, 0.1) is 12.8 Å². The van der Waals surface area contributed by atoms with E-state index in [2.05, 4.69) is 53.6 Å². The number of piperidine rings is 1. The van der Waals surface area contributed by atoms with Crippen molar-refractivity contribution in [2.24, 2.45) is 5.92 Å². The van der Waals surface area contributed by atoms with E-state index in [4.69, 9.17) is 0 Å². The van der Waals surface area contributed by atoms with E-state index >= 15 is 0 Å². The summed E-state index contributed by atoms with van der Waals surface area (Å²) in [5.74, 6) is 0.974. The van der Waals surface area contributed by atoms with Crippen LogP contribution in [0.25, 0.3) is 0 Å². The number of nitrogens with one attached hydrogen (secondary N) is 2. The van der Waals surface area contributed by atoms with Gasteiger partial charge in [-0.15, -0.1) is 0 Å². The van der Waals surface area contributed by atoms with E-state index in [1.807, 2.05) is 7.05 Å². The third kappa shape index (κ3) is 6.25. The molecule has 1 fully saturated rings. The molecule has 0 saturated carbocycles. The van der Waals surface area contributed by atoms with Crippen molar-refractivity contribution in [2.45, 2.75) is 45.6 Å². The first-order chi connectivity index (χ1) is 11.6. The Labute approximate surface area is 147 Å². The van der Waals surface area contributed by atoms with Crippen LogP contribution in [-0.4, -0.2) is 50.1 Å². The van der Waals surface area contributed by atoms with Gasteiger partial charge in [0.25, 0.3) is 0 Å². The number of rotatable bonds is 8. The van der Waals surface area contributed by atoms with Gasteiger partial charge in [-0.05, 0) is 83.3 Å². The highest BCUT2D eigenvalue weighted by atomic mass is 16.2. The number of amides is 1. The first kappa shape index (κ1) is 18.9. The summed E-state index contributed by atoms with van der Waals surface area (Å²) in [6.45, 7) is 7.96. The molecule has 1 aromatic carbocycles. The van der Waals surface area contributed by atoms with Gasteiger partial charge in [0.05, 0.1) is 6.54 Å². The maximum atomic E-state index is 12.3. The number of hydrogen-bond acceptors (Lipinski definition) is 3. The van der Waals surface area contributed by atoms with E-state index in [1.54, 1.807) is 0 Å². The van der Waals surface area contributed by atoms with Gasteiger partial charge >= 0.3 is 0 Å². The molecule has 0 aliphatic carbocycles. The van der Waals surface area contributed by atoms with Crippen LogP contribution in [0.3, 0.4) is 0 Å². The Bertz CT molecular complexity index is 509. The van der Waals surface area contributed by atoms with Crippen LogP contribution in [0.5, 0.6) is 0 Å². The van der Waals surface area contributed by atoms with Gasteiger partial charge in [0.1, 0.15) is 0 Å². The molecular formula is C20H33N3O. The van der Waals surface area contributed by atoms with E-state index in [9.17, 15) is 4.79 Å². The van der Waals surface area contributed by atoms with Crippen molar-refractivity contribution in [1.82, 2.24) is 15.5 Å². The average Bonchev–Trinajstić information content (AvgIpc) is 2.56. The Morgan fingerprint density at radius 3 is 2.67 bits per heavy atom. The van der Waals surface area contributed by atoms with Gasteiger partial charge in [-0.3, -0.25) is 9.69 Å². The molecule has 1 amide bonds. The molecule has 2 N–H and O–H groups in total. The topological polar surface area (TPSA) is 44.4 Å². The van der Waals surface area contributed by atoms with Gasteiger partial charge in [0.2, 0.25) is 5.91 Å². The van der Waals surface area contributed by atoms with Crippen molar-refractivity contribution in [3.63, 3.8) is 0 Å². The van der Waals surface area contributed by atoms with Gasteiger partial charge in [0.15, 0.2) is 0 Å². The monoisotopic (exact) mass is 331 g/mol. The summed E-state index contributed by atoms with van der Waals surface area (Å²) in [5, 5.41) is 6.38. The second-order valence-corrected chi connectivity index (χ2v) is 7.21. The van der Waals surface area contributed by atoms with E-state index < -0.39 is 0 Å². The smallest absolute Gasteiger partial charge is 0.234 e. The van der Waals surface area contributed by atoms with Crippen LogP contribution in [0.4, 0.5) is 0 Å². The minimum absolute atomic E-state index is 0.157. The van der Waals surface area contributed by atoms with Crippen LogP contribution in [0.2, 0.25) is 0 Å². The van der Waals surface area contributed by atoms with Gasteiger partial charge in [0, 0.05) is 6.04 Å². The van der Waals surface area contributed by atoms with E-state index in [1.165, 1.54) is 30.4 Å². The first-order valence-corrected chi connectivity index (χ1v) is 9.29. The van der Waals surface area contributed by atoms with Crippen LogP contribution in [0.1, 0.15) is 37.3 Å². The van der Waals surface area contributed by atoms with Crippen molar-refractivity contribution in [2.75, 3.05) is 33.2 Å². The molecule has 2 rings (SSSR count). The molecule has 1 aliphatic rings. The highest BCUT2D eigenvalue weighted by Crippen LogP contribution is 2.19. The van der Waals surface area contributed by atoms with E-state index in [-0.39, 0.29) is 11.9 Å². The quantitative estimate of drug-likeness (QED) is 0.769. The van der Waals surface area contributed by atoms with Crippen molar-refractivity contribution >= 4 is 5.91 Å². The lowest BCUT2D eigenvalue weighted by Gasteiger charge is -2.31. The third-order valence-electron chi connectivity index (χ3n) is 5.07. The Kier molecular flexibility index (Phi) is 7.73. The van der Waals surface area contributed by atoms with Crippen molar-refractivity contribution in [3.05, 3.63) is 35.4 Å². The fraction of sp³-hybridized carbons (Fsp3) is 0.650. The number of nitrogens with zero attached hydrogens (tertiary/aromatic N) is 1. The first-order valence-electron chi connectivity index (χ1n) is 9.29. The molecule has 1 heterocycles. The number of carbonyl (C=O) groups excluding carboxylic acids is 1. The predicted octanol–water partition coefficient (Wildman–Crippen LogP) is 2.36. The number of aryl methyl sites for hydroxylation is 1. The number of hydrogen-bond donors (Lipinski definition) is 2. The van der Waals surface area contributed by atoms with Gasteiger partial charge in [-0.2, -0.15) is 0 Å². The van der Waals surface area contributed by atoms with Crippen LogP contribution >= 0.6 is 0 Å². The Balaban J connectivity index is 1.69. The highest BCUT2D eigenvalue weighted by Gasteiger charge is 2.21. The molecule has 1 atom stereocenters. The lowest BCUT2D eigenvalue weighted by molar-refractivity contribution is -0.123. The Morgan fingerprint density at radius 1 is 1.29 bits per heavy atom. The zero-order valence-electron chi connectivity index (χ0n) is 15.5. The normalized spacial score (nSPS) is 17.6. The van der Waals surface area contributed by atoms with Crippen molar-refractivity contribution < 1.29 is 4.79 Å². The summed E-state index contributed by atoms with van der Waals surface area (Å²) in [6.07, 6.45) is 4.58. The molecular weight excluding hydrogens is 298 g/mol. The molecule has 1 unspecified atom stereocenters. The molecule has 0 radical (unpaired) electrons. The van der Waals surface area contributed by atoms with Crippen LogP contribution in [-0.2, 0) is 11.2 Å². The molecule has 24 heavy (non-hydrogen) atoms. The summed E-state index contributed by atoms with van der Waals surface area (Å²) in [4.78, 5) is 14.6. The minimum Gasteiger partial charge on any atom is -0.352 e.